The molecule has 0 atom stereocenters. The van der Waals surface area contributed by atoms with Crippen LogP contribution in [0.15, 0.2) is 46.9 Å². The lowest BCUT2D eigenvalue weighted by Gasteiger charge is -2.00. The largest absolute Gasteiger partial charge is 0.418 e. The summed E-state index contributed by atoms with van der Waals surface area (Å²) in [5.74, 6) is 0.714. The maximum atomic E-state index is 4.19. The van der Waals surface area contributed by atoms with E-state index in [-0.39, 0.29) is 0 Å². The van der Waals surface area contributed by atoms with Crippen molar-refractivity contribution in [3.8, 4) is 0 Å². The van der Waals surface area contributed by atoms with Gasteiger partial charge in [0.05, 0.1) is 25.1 Å². The molecule has 1 heterocycles. The normalized spacial score (nSPS) is 10.9. The topological polar surface area (TPSA) is 56.4 Å². The van der Waals surface area contributed by atoms with E-state index in [9.17, 15) is 0 Å². The number of benzene rings is 1. The van der Waals surface area contributed by atoms with Crippen LogP contribution in [0, 0.1) is 0 Å². The lowest BCUT2D eigenvalue weighted by molar-refractivity contribution is -0.657. The molecule has 0 radical (unpaired) electrons. The summed E-state index contributed by atoms with van der Waals surface area (Å²) in [4.78, 5) is 3.00. The molecule has 0 unspecified atom stereocenters. The van der Waals surface area contributed by atoms with Crippen molar-refractivity contribution in [2.75, 3.05) is 12.4 Å². The van der Waals surface area contributed by atoms with Gasteiger partial charge in [0.1, 0.15) is 5.69 Å². The quantitative estimate of drug-likeness (QED) is 0.600. The molecule has 2 rings (SSSR count). The standard InChI is InChI=1S/C11H13N5/c1-12-9-5-3-4-6-10(9)14-15-11-13-7-8-16(11)2/h3-8H,1-2H3,(H,12,13,15)/p+1. The number of H-pyrrole nitrogens is 1. The van der Waals surface area contributed by atoms with E-state index in [2.05, 4.69) is 20.5 Å². The van der Waals surface area contributed by atoms with E-state index in [0.717, 1.165) is 11.4 Å². The number of azo groups is 1. The third-order valence-electron chi connectivity index (χ3n) is 2.27. The van der Waals surface area contributed by atoms with Crippen LogP contribution in [-0.4, -0.2) is 12.0 Å². The van der Waals surface area contributed by atoms with E-state index in [1.807, 2.05) is 55.3 Å². The predicted octanol–water partition coefficient (Wildman–Crippen LogP) is 2.30. The van der Waals surface area contributed by atoms with Crippen molar-refractivity contribution >= 4 is 17.3 Å². The summed E-state index contributed by atoms with van der Waals surface area (Å²) in [5, 5.41) is 11.4. The van der Waals surface area contributed by atoms with E-state index < -0.39 is 0 Å². The first-order valence-electron chi connectivity index (χ1n) is 5.03. The molecular formula is C11H14N5+. The Kier molecular flexibility index (Phi) is 2.95. The molecule has 0 amide bonds. The first kappa shape index (κ1) is 10.4. The Balaban J connectivity index is 2.27. The second-order valence-corrected chi connectivity index (χ2v) is 3.36. The summed E-state index contributed by atoms with van der Waals surface area (Å²) >= 11 is 0. The average molecular weight is 216 g/mol. The lowest BCUT2D eigenvalue weighted by Crippen LogP contribution is -2.24. The van der Waals surface area contributed by atoms with Gasteiger partial charge in [0.2, 0.25) is 0 Å². The number of imidazole rings is 1. The molecule has 5 nitrogen and oxygen atoms in total. The Labute approximate surface area is 93.9 Å². The molecule has 16 heavy (non-hydrogen) atoms. The van der Waals surface area contributed by atoms with Crippen LogP contribution < -0.4 is 9.88 Å². The number of nitrogens with zero attached hydrogens (tertiary/aromatic N) is 3. The summed E-state index contributed by atoms with van der Waals surface area (Å²) in [6.45, 7) is 0. The van der Waals surface area contributed by atoms with Crippen LogP contribution in [-0.2, 0) is 7.05 Å². The van der Waals surface area contributed by atoms with Crippen molar-refractivity contribution in [3.05, 3.63) is 36.7 Å². The van der Waals surface area contributed by atoms with Crippen LogP contribution in [0.25, 0.3) is 0 Å². The number of aromatic amines is 1. The molecule has 0 aliphatic heterocycles. The maximum Gasteiger partial charge on any atom is 0.418 e. The second-order valence-electron chi connectivity index (χ2n) is 3.36. The van der Waals surface area contributed by atoms with Crippen molar-refractivity contribution in [1.82, 2.24) is 4.98 Å². The molecule has 0 saturated heterocycles. The number of nitrogens with one attached hydrogen (secondary N) is 2. The summed E-state index contributed by atoms with van der Waals surface area (Å²) in [5.41, 5.74) is 1.78. The maximum absolute atomic E-state index is 4.19. The fraction of sp³-hybridized carbons (Fsp3) is 0.182. The third kappa shape index (κ3) is 2.08. The Morgan fingerprint density at radius 2 is 2.06 bits per heavy atom. The van der Waals surface area contributed by atoms with Crippen LogP contribution in [0.3, 0.4) is 0 Å². The predicted molar refractivity (Wildman–Crippen MR) is 62.1 cm³/mol. The zero-order valence-electron chi connectivity index (χ0n) is 9.31. The zero-order valence-corrected chi connectivity index (χ0v) is 9.31. The molecule has 0 aliphatic carbocycles. The molecule has 0 fully saturated rings. The minimum Gasteiger partial charge on any atom is -0.386 e. The van der Waals surface area contributed by atoms with Gasteiger partial charge in [0, 0.05) is 12.2 Å². The SMILES string of the molecule is CNc1ccccc1N=Nc1[nH]cc[n+]1C. The van der Waals surface area contributed by atoms with Crippen LogP contribution in [0.2, 0.25) is 0 Å². The summed E-state index contributed by atoms with van der Waals surface area (Å²) < 4.78 is 1.87. The molecule has 0 spiro atoms. The zero-order chi connectivity index (χ0) is 11.4. The molecule has 2 N–H and O–H groups in total. The molecule has 1 aromatic carbocycles. The molecule has 1 aromatic heterocycles. The number of hydrogen-bond donors (Lipinski definition) is 2. The van der Waals surface area contributed by atoms with Crippen molar-refractivity contribution in [3.63, 3.8) is 0 Å². The first-order chi connectivity index (χ1) is 7.81. The number of anilines is 1. The van der Waals surface area contributed by atoms with Crippen molar-refractivity contribution in [1.29, 1.82) is 0 Å². The van der Waals surface area contributed by atoms with E-state index in [1.54, 1.807) is 0 Å². The first-order valence-corrected chi connectivity index (χ1v) is 5.03. The molecule has 0 aliphatic rings. The highest BCUT2D eigenvalue weighted by atomic mass is 15.2. The van der Waals surface area contributed by atoms with E-state index in [4.69, 9.17) is 0 Å². The van der Waals surface area contributed by atoms with Crippen molar-refractivity contribution in [2.24, 2.45) is 17.3 Å². The fourth-order valence-electron chi connectivity index (χ4n) is 1.37. The lowest BCUT2D eigenvalue weighted by atomic mass is 10.3. The Bertz CT molecular complexity index is 501. The molecule has 5 heteroatoms. The van der Waals surface area contributed by atoms with Crippen molar-refractivity contribution < 1.29 is 4.57 Å². The minimum atomic E-state index is 0.714. The van der Waals surface area contributed by atoms with Gasteiger partial charge in [-0.1, -0.05) is 17.2 Å². The summed E-state index contributed by atoms with van der Waals surface area (Å²) in [7, 11) is 3.78. The smallest absolute Gasteiger partial charge is 0.386 e. The van der Waals surface area contributed by atoms with Gasteiger partial charge in [0.15, 0.2) is 0 Å². The van der Waals surface area contributed by atoms with Gasteiger partial charge in [-0.05, 0) is 12.1 Å². The Morgan fingerprint density at radius 1 is 1.25 bits per heavy atom. The van der Waals surface area contributed by atoms with Gasteiger partial charge in [-0.2, -0.15) is 0 Å². The highest BCUT2D eigenvalue weighted by molar-refractivity contribution is 5.64. The number of aryl methyl sites for hydroxylation is 1. The number of hydrogen-bond acceptors (Lipinski definition) is 3. The number of rotatable bonds is 3. The Morgan fingerprint density at radius 3 is 2.75 bits per heavy atom. The average Bonchev–Trinajstić information content (AvgIpc) is 2.72. The monoisotopic (exact) mass is 216 g/mol. The van der Waals surface area contributed by atoms with Gasteiger partial charge in [-0.15, -0.1) is 0 Å². The molecule has 0 saturated carbocycles. The molecule has 82 valence electrons. The fourth-order valence-corrected chi connectivity index (χ4v) is 1.37. The number of para-hydroxylation sites is 1. The summed E-state index contributed by atoms with van der Waals surface area (Å²) in [6, 6.07) is 7.77. The molecular weight excluding hydrogens is 202 g/mol. The van der Waals surface area contributed by atoms with Crippen molar-refractivity contribution in [2.45, 2.75) is 0 Å². The minimum absolute atomic E-state index is 0.714. The van der Waals surface area contributed by atoms with Gasteiger partial charge >= 0.3 is 5.95 Å². The van der Waals surface area contributed by atoms with Gasteiger partial charge in [0.25, 0.3) is 0 Å². The van der Waals surface area contributed by atoms with E-state index in [0.29, 0.717) is 5.95 Å². The van der Waals surface area contributed by atoms with E-state index >= 15 is 0 Å². The molecule has 2 aromatic rings. The van der Waals surface area contributed by atoms with Gasteiger partial charge < -0.3 is 5.32 Å². The van der Waals surface area contributed by atoms with Gasteiger partial charge in [-0.25, -0.2) is 9.55 Å². The highest BCUT2D eigenvalue weighted by Gasteiger charge is 2.06. The van der Waals surface area contributed by atoms with E-state index in [1.165, 1.54) is 0 Å². The Hall–Kier alpha value is -2.17. The summed E-state index contributed by atoms with van der Waals surface area (Å²) in [6.07, 6.45) is 3.71. The molecule has 0 bridgehead atoms. The van der Waals surface area contributed by atoms with Crippen LogP contribution in [0.1, 0.15) is 0 Å². The second kappa shape index (κ2) is 4.57. The van der Waals surface area contributed by atoms with Crippen LogP contribution >= 0.6 is 0 Å². The van der Waals surface area contributed by atoms with Gasteiger partial charge in [-0.3, -0.25) is 0 Å². The number of aromatic nitrogens is 2. The third-order valence-corrected chi connectivity index (χ3v) is 2.27. The van der Waals surface area contributed by atoms with Crippen LogP contribution in [0.4, 0.5) is 17.3 Å². The highest BCUT2D eigenvalue weighted by Crippen LogP contribution is 2.24. The van der Waals surface area contributed by atoms with Crippen LogP contribution in [0.5, 0.6) is 0 Å².